The van der Waals surface area contributed by atoms with Gasteiger partial charge in [0.05, 0.1) is 0 Å². The summed E-state index contributed by atoms with van der Waals surface area (Å²) in [6, 6.07) is 5.44. The van der Waals surface area contributed by atoms with E-state index in [1.54, 1.807) is 12.1 Å². The maximum absolute atomic E-state index is 12.4. The molecule has 1 saturated heterocycles. The zero-order chi connectivity index (χ0) is 19.7. The molecule has 1 aromatic rings. The summed E-state index contributed by atoms with van der Waals surface area (Å²) in [6.45, 7) is 3.31. The van der Waals surface area contributed by atoms with Crippen molar-refractivity contribution in [2.45, 2.75) is 57.5 Å². The summed E-state index contributed by atoms with van der Waals surface area (Å²) in [5.74, 6) is 0.429. The first-order valence-electron chi connectivity index (χ1n) is 10.3. The van der Waals surface area contributed by atoms with Gasteiger partial charge in [-0.15, -0.1) is 0 Å². The van der Waals surface area contributed by atoms with Gasteiger partial charge in [0.1, 0.15) is 0 Å². The lowest BCUT2D eigenvalue weighted by atomic mass is 10.0. The van der Waals surface area contributed by atoms with E-state index >= 15 is 0 Å². The number of hydrogen-bond acceptors (Lipinski definition) is 3. The monoisotopic (exact) mass is 384 g/mol. The zero-order valence-electron chi connectivity index (χ0n) is 16.3. The summed E-state index contributed by atoms with van der Waals surface area (Å²) < 4.78 is 0. The number of benzene rings is 1. The second kappa shape index (κ2) is 7.81. The molecule has 7 nitrogen and oxygen atoms in total. The fourth-order valence-electron chi connectivity index (χ4n) is 3.57. The molecule has 3 aliphatic rings. The minimum Gasteiger partial charge on any atom is -0.349 e. The molecule has 1 heterocycles. The summed E-state index contributed by atoms with van der Waals surface area (Å²) in [5, 5.41) is 8.84. The van der Waals surface area contributed by atoms with Gasteiger partial charge in [-0.3, -0.25) is 9.59 Å². The number of nitrogens with zero attached hydrogens (tertiary/aromatic N) is 1. The molecule has 2 aliphatic carbocycles. The third-order valence-electron chi connectivity index (χ3n) is 5.73. The van der Waals surface area contributed by atoms with Gasteiger partial charge >= 0.3 is 6.03 Å². The van der Waals surface area contributed by atoms with Crippen molar-refractivity contribution in [2.24, 2.45) is 5.92 Å². The van der Waals surface area contributed by atoms with Crippen molar-refractivity contribution in [1.82, 2.24) is 15.5 Å². The zero-order valence-corrected chi connectivity index (χ0v) is 16.3. The van der Waals surface area contributed by atoms with Gasteiger partial charge in [-0.1, -0.05) is 6.07 Å². The van der Waals surface area contributed by atoms with Crippen LogP contribution in [0.3, 0.4) is 0 Å². The summed E-state index contributed by atoms with van der Waals surface area (Å²) in [4.78, 5) is 38.7. The molecule has 1 aromatic carbocycles. The van der Waals surface area contributed by atoms with Crippen molar-refractivity contribution in [1.29, 1.82) is 0 Å². The minimum absolute atomic E-state index is 0.0601. The van der Waals surface area contributed by atoms with Crippen molar-refractivity contribution in [3.8, 4) is 0 Å². The van der Waals surface area contributed by atoms with Gasteiger partial charge < -0.3 is 20.9 Å². The average Bonchev–Trinajstić information content (AvgIpc) is 3.58. The smallest absolute Gasteiger partial charge is 0.319 e. The second-order valence-corrected chi connectivity index (χ2v) is 8.25. The lowest BCUT2D eigenvalue weighted by molar-refractivity contribution is -0.133. The largest absolute Gasteiger partial charge is 0.349 e. The third-order valence-corrected chi connectivity index (χ3v) is 5.73. The summed E-state index contributed by atoms with van der Waals surface area (Å²) in [7, 11) is 0. The number of aryl methyl sites for hydroxylation is 1. The fourth-order valence-corrected chi connectivity index (χ4v) is 3.57. The van der Waals surface area contributed by atoms with Crippen LogP contribution in [0.25, 0.3) is 0 Å². The van der Waals surface area contributed by atoms with Crippen LogP contribution in [-0.4, -0.2) is 47.9 Å². The van der Waals surface area contributed by atoms with Crippen molar-refractivity contribution in [3.63, 3.8) is 0 Å². The first-order valence-corrected chi connectivity index (χ1v) is 10.3. The number of anilines is 1. The molecule has 0 aromatic heterocycles. The molecule has 0 spiro atoms. The van der Waals surface area contributed by atoms with Crippen LogP contribution in [-0.2, 0) is 4.79 Å². The van der Waals surface area contributed by atoms with Crippen LogP contribution in [0.15, 0.2) is 18.2 Å². The Bertz CT molecular complexity index is 778. The Morgan fingerprint density at radius 3 is 2.25 bits per heavy atom. The Morgan fingerprint density at radius 2 is 1.61 bits per heavy atom. The fraction of sp³-hybridized carbons (Fsp3) is 0.571. The van der Waals surface area contributed by atoms with Crippen LogP contribution in [0.2, 0.25) is 0 Å². The number of nitrogens with one attached hydrogen (secondary N) is 3. The van der Waals surface area contributed by atoms with Crippen LogP contribution in [0, 0.1) is 12.8 Å². The quantitative estimate of drug-likeness (QED) is 0.728. The Labute approximate surface area is 165 Å². The lowest BCUT2D eigenvalue weighted by Crippen LogP contribution is -2.48. The van der Waals surface area contributed by atoms with Gasteiger partial charge in [-0.05, 0) is 63.1 Å². The first kappa shape index (κ1) is 18.8. The summed E-state index contributed by atoms with van der Waals surface area (Å²) in [5.41, 5.74) is 2.10. The molecule has 1 aliphatic heterocycles. The maximum Gasteiger partial charge on any atom is 0.319 e. The Morgan fingerprint density at radius 1 is 0.929 bits per heavy atom. The number of carbonyl (C=O) groups excluding carboxylic acids is 3. The van der Waals surface area contributed by atoms with Gasteiger partial charge in [0.2, 0.25) is 5.91 Å². The maximum atomic E-state index is 12.4. The van der Waals surface area contributed by atoms with Gasteiger partial charge in [0, 0.05) is 42.3 Å². The van der Waals surface area contributed by atoms with E-state index < -0.39 is 0 Å². The molecular weight excluding hydrogens is 356 g/mol. The molecule has 150 valence electrons. The number of amides is 4. The minimum atomic E-state index is -0.269. The van der Waals surface area contributed by atoms with Crippen LogP contribution >= 0.6 is 0 Å². The predicted molar refractivity (Wildman–Crippen MR) is 106 cm³/mol. The van der Waals surface area contributed by atoms with Crippen LogP contribution in [0.5, 0.6) is 0 Å². The molecule has 4 amide bonds. The van der Waals surface area contributed by atoms with Crippen LogP contribution in [0.1, 0.15) is 54.4 Å². The molecule has 2 saturated carbocycles. The third kappa shape index (κ3) is 4.64. The van der Waals surface area contributed by atoms with E-state index in [9.17, 15) is 14.4 Å². The van der Waals surface area contributed by atoms with Gasteiger partial charge in [0.15, 0.2) is 0 Å². The van der Waals surface area contributed by atoms with Crippen molar-refractivity contribution >= 4 is 23.5 Å². The van der Waals surface area contributed by atoms with Crippen molar-refractivity contribution in [3.05, 3.63) is 29.3 Å². The Hall–Kier alpha value is -2.57. The van der Waals surface area contributed by atoms with E-state index in [0.29, 0.717) is 30.4 Å². The van der Waals surface area contributed by atoms with E-state index in [2.05, 4.69) is 16.0 Å². The number of carbonyl (C=O) groups is 3. The average molecular weight is 384 g/mol. The molecule has 4 rings (SSSR count). The van der Waals surface area contributed by atoms with Gasteiger partial charge in [-0.2, -0.15) is 0 Å². The standard InChI is InChI=1S/C21H28N4O3/c1-13-2-3-15(19(26)22-16-6-7-16)12-18(13)24-21(28)23-17-8-10-25(11-9-17)20(27)14-4-5-14/h2-3,12,14,16-17H,4-11H2,1H3,(H,22,26)(H2,23,24,28). The number of likely N-dealkylation sites (tertiary alicyclic amines) is 1. The molecule has 3 N–H and O–H groups in total. The summed E-state index contributed by atoms with van der Waals surface area (Å²) >= 11 is 0. The Balaban J connectivity index is 1.28. The molecule has 28 heavy (non-hydrogen) atoms. The molecule has 7 heteroatoms. The molecular formula is C21H28N4O3. The SMILES string of the molecule is Cc1ccc(C(=O)NC2CC2)cc1NC(=O)NC1CCN(C(=O)C2CC2)CC1. The highest BCUT2D eigenvalue weighted by Gasteiger charge is 2.35. The van der Waals surface area contributed by atoms with E-state index in [0.717, 1.165) is 44.1 Å². The van der Waals surface area contributed by atoms with E-state index in [1.165, 1.54) is 0 Å². The number of piperidine rings is 1. The first-order chi connectivity index (χ1) is 13.5. The predicted octanol–water partition coefficient (Wildman–Crippen LogP) is 2.41. The van der Waals surface area contributed by atoms with E-state index in [4.69, 9.17) is 0 Å². The van der Waals surface area contributed by atoms with E-state index in [-0.39, 0.29) is 29.8 Å². The topological polar surface area (TPSA) is 90.5 Å². The van der Waals surface area contributed by atoms with Gasteiger partial charge in [-0.25, -0.2) is 4.79 Å². The highest BCUT2D eigenvalue weighted by atomic mass is 16.2. The normalized spacial score (nSPS) is 19.8. The molecule has 0 radical (unpaired) electrons. The molecule has 0 unspecified atom stereocenters. The van der Waals surface area contributed by atoms with Crippen LogP contribution in [0.4, 0.5) is 10.5 Å². The van der Waals surface area contributed by atoms with Crippen molar-refractivity contribution in [2.75, 3.05) is 18.4 Å². The molecule has 3 fully saturated rings. The highest BCUT2D eigenvalue weighted by molar-refractivity contribution is 5.97. The molecule has 0 bridgehead atoms. The lowest BCUT2D eigenvalue weighted by Gasteiger charge is -2.32. The molecule has 0 atom stereocenters. The van der Waals surface area contributed by atoms with Crippen molar-refractivity contribution < 1.29 is 14.4 Å². The summed E-state index contributed by atoms with van der Waals surface area (Å²) in [6.07, 6.45) is 5.67. The number of rotatable bonds is 5. The number of urea groups is 1. The van der Waals surface area contributed by atoms with E-state index in [1.807, 2.05) is 17.9 Å². The Kier molecular flexibility index (Phi) is 5.24. The van der Waals surface area contributed by atoms with Crippen LogP contribution < -0.4 is 16.0 Å². The van der Waals surface area contributed by atoms with Gasteiger partial charge in [0.25, 0.3) is 5.91 Å². The second-order valence-electron chi connectivity index (χ2n) is 8.25. The highest BCUT2D eigenvalue weighted by Crippen LogP contribution is 2.32. The number of hydrogen-bond donors (Lipinski definition) is 3.